The molecule has 0 aliphatic rings. The molecule has 9 heteroatoms. The van der Waals surface area contributed by atoms with Crippen LogP contribution in [-0.4, -0.2) is 33.1 Å². The molecule has 4 aromatic rings. The second-order valence-corrected chi connectivity index (χ2v) is 6.61. The van der Waals surface area contributed by atoms with Gasteiger partial charge in [-0.15, -0.1) is 0 Å². The first-order valence-electron chi connectivity index (χ1n) is 9.37. The highest BCUT2D eigenvalue weighted by Crippen LogP contribution is 2.20. The summed E-state index contributed by atoms with van der Waals surface area (Å²) in [4.78, 5) is 35.0. The molecule has 0 atom stereocenters. The summed E-state index contributed by atoms with van der Waals surface area (Å²) in [5.41, 5.74) is 1.69. The van der Waals surface area contributed by atoms with E-state index in [1.165, 1.54) is 6.33 Å². The van der Waals surface area contributed by atoms with Gasteiger partial charge < -0.3 is 19.6 Å². The van der Waals surface area contributed by atoms with Crippen molar-refractivity contribution in [3.8, 4) is 17.1 Å². The molecule has 0 fully saturated rings. The van der Waals surface area contributed by atoms with Crippen LogP contribution < -0.4 is 15.6 Å². The van der Waals surface area contributed by atoms with Crippen LogP contribution in [-0.2, 0) is 11.2 Å². The van der Waals surface area contributed by atoms with Gasteiger partial charge in [-0.05, 0) is 48.9 Å². The Morgan fingerprint density at radius 2 is 2.03 bits per heavy atom. The second-order valence-electron chi connectivity index (χ2n) is 6.61. The third-order valence-corrected chi connectivity index (χ3v) is 4.54. The molecule has 0 saturated carbocycles. The largest absolute Gasteiger partial charge is 0.497 e. The molecule has 4 rings (SSSR count). The lowest BCUT2D eigenvalue weighted by Crippen LogP contribution is -2.12. The number of nitrogens with zero attached hydrogens (tertiary/aromatic N) is 3. The van der Waals surface area contributed by atoms with E-state index in [2.05, 4.69) is 25.4 Å². The molecule has 0 saturated heterocycles. The number of nitrogens with one attached hydrogen (secondary N) is 2. The summed E-state index contributed by atoms with van der Waals surface area (Å²) in [5, 5.41) is 7.19. The van der Waals surface area contributed by atoms with E-state index in [4.69, 9.17) is 9.26 Å². The number of aryl methyl sites for hydroxylation is 1. The van der Waals surface area contributed by atoms with Crippen molar-refractivity contribution < 1.29 is 14.1 Å². The topological polar surface area (TPSA) is 123 Å². The minimum absolute atomic E-state index is 0.162. The highest BCUT2D eigenvalue weighted by atomic mass is 16.5. The number of benzene rings is 2. The van der Waals surface area contributed by atoms with Crippen molar-refractivity contribution in [2.75, 3.05) is 12.4 Å². The molecule has 2 aromatic heterocycles. The Morgan fingerprint density at radius 1 is 1.20 bits per heavy atom. The molecule has 0 radical (unpaired) electrons. The lowest BCUT2D eigenvalue weighted by Gasteiger charge is -2.05. The summed E-state index contributed by atoms with van der Waals surface area (Å²) in [6.45, 7) is 0. The highest BCUT2D eigenvalue weighted by molar-refractivity contribution is 5.93. The Balaban J connectivity index is 1.31. The smallest absolute Gasteiger partial charge is 0.258 e. The SMILES string of the molecule is COc1ccc(-c2noc(CCCC(=O)Nc3ccc4nc[nH]c(=O)c4c3)n2)cc1. The molecule has 0 bridgehead atoms. The molecular weight excluding hydrogens is 386 g/mol. The van der Waals surface area contributed by atoms with E-state index in [-0.39, 0.29) is 17.9 Å². The number of hydrogen-bond acceptors (Lipinski definition) is 7. The molecule has 2 heterocycles. The number of anilines is 1. The number of aromatic amines is 1. The Kier molecular flexibility index (Phi) is 5.51. The number of carbonyl (C=O) groups is 1. The molecular formula is C21H19N5O4. The van der Waals surface area contributed by atoms with Gasteiger partial charge in [0.1, 0.15) is 5.75 Å². The summed E-state index contributed by atoms with van der Waals surface area (Å²) in [5.74, 6) is 1.55. The summed E-state index contributed by atoms with van der Waals surface area (Å²) < 4.78 is 10.4. The minimum atomic E-state index is -0.250. The minimum Gasteiger partial charge on any atom is -0.497 e. The normalized spacial score (nSPS) is 10.8. The van der Waals surface area contributed by atoms with Crippen molar-refractivity contribution in [2.45, 2.75) is 19.3 Å². The maximum atomic E-state index is 12.2. The lowest BCUT2D eigenvalue weighted by atomic mass is 10.2. The molecule has 0 aliphatic carbocycles. The van der Waals surface area contributed by atoms with E-state index in [1.54, 1.807) is 25.3 Å². The van der Waals surface area contributed by atoms with E-state index < -0.39 is 0 Å². The molecule has 0 spiro atoms. The summed E-state index contributed by atoms with van der Waals surface area (Å²) in [7, 11) is 1.61. The average Bonchev–Trinajstić information content (AvgIpc) is 3.23. The van der Waals surface area contributed by atoms with Crippen molar-refractivity contribution in [3.63, 3.8) is 0 Å². The Bertz CT molecular complexity index is 1230. The van der Waals surface area contributed by atoms with Crippen LogP contribution >= 0.6 is 0 Å². The fourth-order valence-electron chi connectivity index (χ4n) is 2.98. The maximum Gasteiger partial charge on any atom is 0.258 e. The van der Waals surface area contributed by atoms with Gasteiger partial charge in [-0.1, -0.05) is 5.16 Å². The van der Waals surface area contributed by atoms with Gasteiger partial charge in [0.25, 0.3) is 5.56 Å². The van der Waals surface area contributed by atoms with Gasteiger partial charge in [0.05, 0.1) is 24.3 Å². The predicted octanol–water partition coefficient (Wildman–Crippen LogP) is 2.94. The molecule has 9 nitrogen and oxygen atoms in total. The van der Waals surface area contributed by atoms with Crippen molar-refractivity contribution in [2.24, 2.45) is 0 Å². The van der Waals surface area contributed by atoms with Crippen molar-refractivity contribution in [1.29, 1.82) is 0 Å². The molecule has 1 amide bonds. The number of hydrogen-bond donors (Lipinski definition) is 2. The Labute approximate surface area is 171 Å². The monoisotopic (exact) mass is 405 g/mol. The van der Waals surface area contributed by atoms with Gasteiger partial charge in [0.15, 0.2) is 0 Å². The van der Waals surface area contributed by atoms with E-state index in [1.807, 2.05) is 24.3 Å². The number of carbonyl (C=O) groups excluding carboxylic acids is 1. The van der Waals surface area contributed by atoms with Crippen molar-refractivity contribution in [1.82, 2.24) is 20.1 Å². The van der Waals surface area contributed by atoms with Gasteiger partial charge in [0, 0.05) is 24.1 Å². The van der Waals surface area contributed by atoms with Crippen LogP contribution in [0.4, 0.5) is 5.69 Å². The van der Waals surface area contributed by atoms with E-state index in [0.29, 0.717) is 41.1 Å². The van der Waals surface area contributed by atoms with Crippen LogP contribution in [0.2, 0.25) is 0 Å². The number of ether oxygens (including phenoxy) is 1. The number of fused-ring (bicyclic) bond motifs is 1. The van der Waals surface area contributed by atoms with Crippen molar-refractivity contribution in [3.05, 3.63) is 65.0 Å². The molecule has 2 aromatic carbocycles. The predicted molar refractivity (Wildman–Crippen MR) is 110 cm³/mol. The van der Waals surface area contributed by atoms with Gasteiger partial charge in [-0.3, -0.25) is 9.59 Å². The zero-order valence-corrected chi connectivity index (χ0v) is 16.2. The van der Waals surface area contributed by atoms with Crippen LogP contribution in [0.25, 0.3) is 22.3 Å². The van der Waals surface area contributed by atoms with Crippen LogP contribution in [0.1, 0.15) is 18.7 Å². The summed E-state index contributed by atoms with van der Waals surface area (Å²) in [6.07, 6.45) is 2.66. The lowest BCUT2D eigenvalue weighted by molar-refractivity contribution is -0.116. The number of aromatic nitrogens is 4. The number of methoxy groups -OCH3 is 1. The number of amides is 1. The van der Waals surface area contributed by atoms with E-state index in [9.17, 15) is 9.59 Å². The number of H-pyrrole nitrogens is 1. The Morgan fingerprint density at radius 3 is 2.83 bits per heavy atom. The van der Waals surface area contributed by atoms with E-state index >= 15 is 0 Å². The van der Waals surface area contributed by atoms with Gasteiger partial charge >= 0.3 is 0 Å². The van der Waals surface area contributed by atoms with Gasteiger partial charge in [-0.25, -0.2) is 4.98 Å². The fraction of sp³-hybridized carbons (Fsp3) is 0.190. The molecule has 2 N–H and O–H groups in total. The molecule has 152 valence electrons. The quantitative estimate of drug-likeness (QED) is 0.484. The van der Waals surface area contributed by atoms with Crippen LogP contribution in [0.15, 0.2) is 58.1 Å². The van der Waals surface area contributed by atoms with Crippen LogP contribution in [0.3, 0.4) is 0 Å². The first-order valence-corrected chi connectivity index (χ1v) is 9.37. The standard InChI is InChI=1S/C21H19N5O4/c1-29-15-8-5-13(6-9-15)20-25-19(30-26-20)4-2-3-18(27)24-14-7-10-17-16(11-14)21(28)23-12-22-17/h5-12H,2-4H2,1H3,(H,24,27)(H,22,23,28). The summed E-state index contributed by atoms with van der Waals surface area (Å²) in [6, 6.07) is 12.4. The zero-order chi connectivity index (χ0) is 20.9. The average molecular weight is 405 g/mol. The summed E-state index contributed by atoms with van der Waals surface area (Å²) >= 11 is 0. The third kappa shape index (κ3) is 4.35. The molecule has 0 unspecified atom stereocenters. The second kappa shape index (κ2) is 8.56. The maximum absolute atomic E-state index is 12.2. The zero-order valence-electron chi connectivity index (χ0n) is 16.2. The fourth-order valence-corrected chi connectivity index (χ4v) is 2.98. The van der Waals surface area contributed by atoms with Crippen molar-refractivity contribution >= 4 is 22.5 Å². The first kappa shape index (κ1) is 19.3. The van der Waals surface area contributed by atoms with Crippen LogP contribution in [0.5, 0.6) is 5.75 Å². The van der Waals surface area contributed by atoms with Crippen LogP contribution in [0, 0.1) is 0 Å². The third-order valence-electron chi connectivity index (χ3n) is 4.54. The highest BCUT2D eigenvalue weighted by Gasteiger charge is 2.10. The molecule has 0 aliphatic heterocycles. The Hall–Kier alpha value is -4.01. The van der Waals surface area contributed by atoms with Gasteiger partial charge in [0.2, 0.25) is 17.6 Å². The van der Waals surface area contributed by atoms with Gasteiger partial charge in [-0.2, -0.15) is 4.98 Å². The molecule has 30 heavy (non-hydrogen) atoms. The first-order chi connectivity index (χ1) is 14.6. The van der Waals surface area contributed by atoms with E-state index in [0.717, 1.165) is 11.3 Å². The number of rotatable bonds is 7.